The lowest BCUT2D eigenvalue weighted by atomic mass is 10.1. The maximum atomic E-state index is 5.81. The minimum absolute atomic E-state index is 0.416. The molecule has 1 atom stereocenters. The van der Waals surface area contributed by atoms with Crippen LogP contribution >= 0.6 is 0 Å². The Kier molecular flexibility index (Phi) is 4.93. The second kappa shape index (κ2) is 6.90. The minimum Gasteiger partial charge on any atom is -0.444 e. The summed E-state index contributed by atoms with van der Waals surface area (Å²) in [5.41, 5.74) is 0. The summed E-state index contributed by atoms with van der Waals surface area (Å²) in [6, 6.07) is 0. The highest BCUT2D eigenvalue weighted by Crippen LogP contribution is 2.21. The van der Waals surface area contributed by atoms with E-state index in [1.165, 1.54) is 13.0 Å². The number of hydrogen-bond acceptors (Lipinski definition) is 5. The van der Waals surface area contributed by atoms with E-state index in [-0.39, 0.29) is 0 Å². The molecule has 3 heterocycles. The Bertz CT molecular complexity index is 440. The van der Waals surface area contributed by atoms with Crippen molar-refractivity contribution in [3.63, 3.8) is 0 Å². The molecule has 2 saturated heterocycles. The Morgan fingerprint density at radius 2 is 2.05 bits per heavy atom. The van der Waals surface area contributed by atoms with Gasteiger partial charge in [0.25, 0.3) is 0 Å². The predicted octanol–water partition coefficient (Wildman–Crippen LogP) is 1.95. The van der Waals surface area contributed by atoms with Crippen LogP contribution in [0.15, 0.2) is 10.6 Å². The summed E-state index contributed by atoms with van der Waals surface area (Å²) < 4.78 is 11.2. The number of likely N-dealkylation sites (tertiary alicyclic amines) is 1. The maximum Gasteiger partial charge on any atom is 0.208 e. The van der Waals surface area contributed by atoms with Crippen molar-refractivity contribution in [1.29, 1.82) is 0 Å². The number of morpholine rings is 1. The smallest absolute Gasteiger partial charge is 0.208 e. The van der Waals surface area contributed by atoms with Crippen molar-refractivity contribution < 1.29 is 9.15 Å². The van der Waals surface area contributed by atoms with E-state index in [1.54, 1.807) is 0 Å². The van der Waals surface area contributed by atoms with Gasteiger partial charge in [-0.3, -0.25) is 9.80 Å². The summed E-state index contributed by atoms with van der Waals surface area (Å²) in [5, 5.41) is 0. The monoisotopic (exact) mass is 293 g/mol. The van der Waals surface area contributed by atoms with Gasteiger partial charge >= 0.3 is 0 Å². The van der Waals surface area contributed by atoms with Gasteiger partial charge in [-0.15, -0.1) is 0 Å². The molecule has 5 nitrogen and oxygen atoms in total. The molecule has 0 aromatic carbocycles. The highest BCUT2D eigenvalue weighted by atomic mass is 16.5. The molecule has 5 heteroatoms. The second-order valence-corrected chi connectivity index (χ2v) is 6.61. The summed E-state index contributed by atoms with van der Waals surface area (Å²) in [6.07, 6.45) is 3.16. The molecule has 2 aliphatic rings. The molecule has 21 heavy (non-hydrogen) atoms. The van der Waals surface area contributed by atoms with Crippen molar-refractivity contribution >= 4 is 0 Å². The van der Waals surface area contributed by atoms with Crippen LogP contribution in [0, 0.1) is 5.92 Å². The van der Waals surface area contributed by atoms with Crippen LogP contribution in [-0.4, -0.2) is 60.7 Å². The van der Waals surface area contributed by atoms with Crippen LogP contribution in [0.1, 0.15) is 37.8 Å². The lowest BCUT2D eigenvalue weighted by Crippen LogP contribution is -2.39. The average Bonchev–Trinajstić information content (AvgIpc) is 3.10. The van der Waals surface area contributed by atoms with Crippen LogP contribution in [0.25, 0.3) is 0 Å². The molecule has 2 aliphatic heterocycles. The average molecular weight is 293 g/mol. The van der Waals surface area contributed by atoms with E-state index in [9.17, 15) is 0 Å². The number of rotatable bonds is 5. The molecule has 1 unspecified atom stereocenters. The molecular formula is C16H27N3O2. The first-order valence-electron chi connectivity index (χ1n) is 8.18. The maximum absolute atomic E-state index is 5.81. The van der Waals surface area contributed by atoms with Gasteiger partial charge in [-0.25, -0.2) is 4.98 Å². The number of ether oxygens (including phenoxy) is 1. The van der Waals surface area contributed by atoms with Gasteiger partial charge in [-0.2, -0.15) is 0 Å². The minimum atomic E-state index is 0.416. The van der Waals surface area contributed by atoms with Crippen LogP contribution in [0.4, 0.5) is 0 Å². The van der Waals surface area contributed by atoms with Crippen molar-refractivity contribution in [3.8, 4) is 0 Å². The molecule has 0 radical (unpaired) electrons. The molecule has 2 fully saturated rings. The van der Waals surface area contributed by atoms with E-state index in [2.05, 4.69) is 28.6 Å². The van der Waals surface area contributed by atoms with E-state index in [0.29, 0.717) is 5.92 Å². The summed E-state index contributed by atoms with van der Waals surface area (Å²) in [4.78, 5) is 9.42. The zero-order valence-electron chi connectivity index (χ0n) is 13.3. The van der Waals surface area contributed by atoms with Gasteiger partial charge in [-0.05, 0) is 18.9 Å². The first kappa shape index (κ1) is 15.0. The quantitative estimate of drug-likeness (QED) is 0.830. The van der Waals surface area contributed by atoms with Gasteiger partial charge in [0.2, 0.25) is 5.89 Å². The third kappa shape index (κ3) is 4.05. The fourth-order valence-electron chi connectivity index (χ4n) is 3.21. The van der Waals surface area contributed by atoms with Gasteiger partial charge in [0.15, 0.2) is 0 Å². The molecule has 0 amide bonds. The molecule has 0 aliphatic carbocycles. The zero-order chi connectivity index (χ0) is 14.7. The molecular weight excluding hydrogens is 266 g/mol. The van der Waals surface area contributed by atoms with Crippen molar-refractivity contribution in [3.05, 3.63) is 17.8 Å². The van der Waals surface area contributed by atoms with Crippen molar-refractivity contribution in [2.75, 3.05) is 45.9 Å². The van der Waals surface area contributed by atoms with Crippen LogP contribution in [0.5, 0.6) is 0 Å². The lowest BCUT2D eigenvalue weighted by molar-refractivity contribution is 0.0311. The number of nitrogens with zero attached hydrogens (tertiary/aromatic N) is 3. The van der Waals surface area contributed by atoms with E-state index in [1.807, 2.05) is 6.20 Å². The zero-order valence-corrected chi connectivity index (χ0v) is 13.3. The third-order valence-corrected chi connectivity index (χ3v) is 4.49. The molecule has 0 spiro atoms. The Morgan fingerprint density at radius 1 is 1.24 bits per heavy atom. The predicted molar refractivity (Wildman–Crippen MR) is 81.2 cm³/mol. The Morgan fingerprint density at radius 3 is 2.76 bits per heavy atom. The standard InChI is InChI=1S/C16H27N3O2/c1-13(2)15-9-17-16(21-15)12-19-4-3-14(11-19)10-18-5-7-20-8-6-18/h9,13-14H,3-8,10-12H2,1-2H3. The van der Waals surface area contributed by atoms with Gasteiger partial charge in [0.1, 0.15) is 5.76 Å². The van der Waals surface area contributed by atoms with Gasteiger partial charge in [-0.1, -0.05) is 13.8 Å². The van der Waals surface area contributed by atoms with Crippen LogP contribution in [-0.2, 0) is 11.3 Å². The van der Waals surface area contributed by atoms with Crippen LogP contribution < -0.4 is 0 Å². The van der Waals surface area contributed by atoms with E-state index < -0.39 is 0 Å². The molecule has 3 rings (SSSR count). The molecule has 118 valence electrons. The number of hydrogen-bond donors (Lipinski definition) is 0. The van der Waals surface area contributed by atoms with E-state index >= 15 is 0 Å². The highest BCUT2D eigenvalue weighted by molar-refractivity contribution is 4.99. The van der Waals surface area contributed by atoms with Crippen LogP contribution in [0.2, 0.25) is 0 Å². The van der Waals surface area contributed by atoms with Gasteiger partial charge < -0.3 is 9.15 Å². The second-order valence-electron chi connectivity index (χ2n) is 6.61. The molecule has 0 saturated carbocycles. The molecule has 0 N–H and O–H groups in total. The first-order valence-corrected chi connectivity index (χ1v) is 8.18. The van der Waals surface area contributed by atoms with Gasteiger partial charge in [0, 0.05) is 32.1 Å². The van der Waals surface area contributed by atoms with Crippen LogP contribution in [0.3, 0.4) is 0 Å². The Balaban J connectivity index is 1.45. The fourth-order valence-corrected chi connectivity index (χ4v) is 3.21. The normalized spacial score (nSPS) is 25.0. The Labute approximate surface area is 127 Å². The Hall–Kier alpha value is -0.910. The highest BCUT2D eigenvalue weighted by Gasteiger charge is 2.26. The van der Waals surface area contributed by atoms with E-state index in [4.69, 9.17) is 9.15 Å². The summed E-state index contributed by atoms with van der Waals surface area (Å²) in [7, 11) is 0. The summed E-state index contributed by atoms with van der Waals surface area (Å²) in [5.74, 6) is 3.06. The SMILES string of the molecule is CC(C)c1cnc(CN2CCC(CN3CCOCC3)C2)o1. The van der Waals surface area contributed by atoms with Crippen molar-refractivity contribution in [2.45, 2.75) is 32.7 Å². The topological polar surface area (TPSA) is 41.7 Å². The fraction of sp³-hybridized carbons (Fsp3) is 0.812. The summed E-state index contributed by atoms with van der Waals surface area (Å²) in [6.45, 7) is 12.6. The number of oxazole rings is 1. The third-order valence-electron chi connectivity index (χ3n) is 4.49. The molecule has 1 aromatic heterocycles. The van der Waals surface area contributed by atoms with Gasteiger partial charge in [0.05, 0.1) is 26.0 Å². The summed E-state index contributed by atoms with van der Waals surface area (Å²) >= 11 is 0. The van der Waals surface area contributed by atoms with E-state index in [0.717, 1.165) is 63.5 Å². The lowest BCUT2D eigenvalue weighted by Gasteiger charge is -2.29. The molecule has 1 aromatic rings. The largest absolute Gasteiger partial charge is 0.444 e. The van der Waals surface area contributed by atoms with Crippen molar-refractivity contribution in [1.82, 2.24) is 14.8 Å². The van der Waals surface area contributed by atoms with Crippen molar-refractivity contribution in [2.24, 2.45) is 5.92 Å². The molecule has 0 bridgehead atoms. The first-order chi connectivity index (χ1) is 10.2. The number of aromatic nitrogens is 1.